The first-order valence-electron chi connectivity index (χ1n) is 15.9. The van der Waals surface area contributed by atoms with Gasteiger partial charge >= 0.3 is 0 Å². The largest absolute Gasteiger partial charge is 0.494 e. The minimum atomic E-state index is 0.231. The van der Waals surface area contributed by atoms with Gasteiger partial charge in [-0.05, 0) is 147 Å². The number of aryl methyl sites for hydroxylation is 2. The minimum absolute atomic E-state index is 0.231. The van der Waals surface area contributed by atoms with Crippen molar-refractivity contribution in [3.63, 3.8) is 0 Å². The van der Waals surface area contributed by atoms with Crippen molar-refractivity contribution in [2.75, 3.05) is 13.2 Å². The van der Waals surface area contributed by atoms with Gasteiger partial charge in [0.25, 0.3) is 0 Å². The van der Waals surface area contributed by atoms with Crippen molar-refractivity contribution in [2.45, 2.75) is 90.9 Å². The Morgan fingerprint density at radius 2 is 1.07 bits per heavy atom. The topological polar surface area (TPSA) is 100 Å². The lowest BCUT2D eigenvalue weighted by molar-refractivity contribution is -0.118. The highest BCUT2D eigenvalue weighted by molar-refractivity contribution is 5.95. The molecule has 0 heterocycles. The highest BCUT2D eigenvalue weighted by atomic mass is 16.5. The second-order valence-corrected chi connectivity index (χ2v) is 12.0. The second kappa shape index (κ2) is 14.4. The summed E-state index contributed by atoms with van der Waals surface area (Å²) in [4.78, 5) is 22.4. The van der Waals surface area contributed by atoms with E-state index in [0.29, 0.717) is 50.0 Å². The van der Waals surface area contributed by atoms with Crippen LogP contribution in [0.3, 0.4) is 0 Å². The van der Waals surface area contributed by atoms with E-state index < -0.39 is 0 Å². The number of unbranched alkanes of at least 4 members (excludes halogenated alkanes) is 4. The monoisotopic (exact) mass is 588 g/mol. The van der Waals surface area contributed by atoms with Crippen molar-refractivity contribution in [3.8, 4) is 45.9 Å². The van der Waals surface area contributed by atoms with Crippen LogP contribution < -0.4 is 9.47 Å². The molecule has 0 spiro atoms. The van der Waals surface area contributed by atoms with Crippen LogP contribution in [-0.4, -0.2) is 24.8 Å². The van der Waals surface area contributed by atoms with Gasteiger partial charge in [0.15, 0.2) is 0 Å². The van der Waals surface area contributed by atoms with Gasteiger partial charge in [0.1, 0.15) is 35.2 Å². The molecule has 44 heavy (non-hydrogen) atoms. The van der Waals surface area contributed by atoms with Gasteiger partial charge in [-0.1, -0.05) is 12.1 Å². The fraction of sp³-hybridized carbons (Fsp3) is 0.421. The van der Waals surface area contributed by atoms with Gasteiger partial charge in [-0.3, -0.25) is 0 Å². The molecule has 0 fully saturated rings. The van der Waals surface area contributed by atoms with E-state index in [1.807, 2.05) is 12.1 Å². The van der Waals surface area contributed by atoms with Crippen LogP contribution in [0.25, 0.3) is 22.3 Å². The number of benzene rings is 3. The molecular formula is C38H40N2O4. The summed E-state index contributed by atoms with van der Waals surface area (Å²) in [6, 6.07) is 17.3. The number of ether oxygens (including phenoxy) is 2. The Balaban J connectivity index is 1.42. The van der Waals surface area contributed by atoms with Crippen LogP contribution in [0.5, 0.6) is 11.5 Å². The first-order chi connectivity index (χ1) is 21.4. The first-order valence-corrected chi connectivity index (χ1v) is 15.9. The highest BCUT2D eigenvalue weighted by Gasteiger charge is 2.32. The van der Waals surface area contributed by atoms with Crippen LogP contribution in [-0.2, 0) is 35.3 Å². The molecule has 0 atom stereocenters. The molecule has 0 bridgehead atoms. The average molecular weight is 589 g/mol. The van der Waals surface area contributed by atoms with Gasteiger partial charge in [0.05, 0.1) is 24.3 Å². The molecule has 0 N–H and O–H groups in total. The summed E-state index contributed by atoms with van der Waals surface area (Å²) in [5, 5.41) is 20.4. The molecule has 6 nitrogen and oxygen atoms in total. The summed E-state index contributed by atoms with van der Waals surface area (Å²) < 4.78 is 12.2. The average Bonchev–Trinajstić information content (AvgIpc) is 3.02. The Kier molecular flexibility index (Phi) is 10.1. The first kappa shape index (κ1) is 31.0. The zero-order chi connectivity index (χ0) is 31.1. The zero-order valence-corrected chi connectivity index (χ0v) is 25.9. The molecule has 2 aliphatic carbocycles. The predicted molar refractivity (Wildman–Crippen MR) is 171 cm³/mol. The number of rotatable bonds is 14. The Morgan fingerprint density at radius 1 is 0.636 bits per heavy atom. The Labute approximate surface area is 260 Å². The predicted octanol–water partition coefficient (Wildman–Crippen LogP) is 8.02. The number of carbonyl (C=O) groups excluding carboxylic acids is 2. The van der Waals surface area contributed by atoms with Crippen molar-refractivity contribution in [1.82, 2.24) is 0 Å². The lowest BCUT2D eigenvalue weighted by Gasteiger charge is -2.31. The number of hydrogen-bond donors (Lipinski definition) is 0. The quantitative estimate of drug-likeness (QED) is 0.177. The third-order valence-electron chi connectivity index (χ3n) is 8.80. The molecule has 0 saturated carbocycles. The maximum Gasteiger partial charge on any atom is 0.129 e. The van der Waals surface area contributed by atoms with E-state index in [1.165, 1.54) is 11.1 Å². The molecule has 6 heteroatoms. The standard InChI is InChI=1S/C38H40N2O4/c1-25(41)9-5-3-7-19-43-29-13-17-31-27(21-29)11-15-33-35(23-39)36(24-40)34-16-12-28-22-30(14-18-32(28)38(34)37(31)33)44-20-8-4-6-10-26(2)42/h13-14,17-18,21-22H,3-12,15-16,19-20H2,1-2H3. The van der Waals surface area contributed by atoms with E-state index in [9.17, 15) is 20.1 Å². The summed E-state index contributed by atoms with van der Waals surface area (Å²) in [6.07, 6.45) is 9.75. The summed E-state index contributed by atoms with van der Waals surface area (Å²) in [5.41, 5.74) is 9.73. The molecule has 0 amide bonds. The molecule has 0 saturated heterocycles. The number of Topliss-reactive ketones (excluding diaryl/α,β-unsaturated/α-hetero) is 2. The third-order valence-corrected chi connectivity index (χ3v) is 8.80. The Morgan fingerprint density at radius 3 is 1.45 bits per heavy atom. The maximum absolute atomic E-state index is 11.2. The fourth-order valence-corrected chi connectivity index (χ4v) is 6.62. The van der Waals surface area contributed by atoms with Crippen molar-refractivity contribution >= 4 is 11.6 Å². The van der Waals surface area contributed by atoms with Gasteiger partial charge in [-0.2, -0.15) is 10.5 Å². The number of hydrogen-bond acceptors (Lipinski definition) is 6. The van der Waals surface area contributed by atoms with Crippen LogP contribution in [0.15, 0.2) is 36.4 Å². The fourth-order valence-electron chi connectivity index (χ4n) is 6.62. The molecule has 0 aromatic heterocycles. The lowest BCUT2D eigenvalue weighted by Crippen LogP contribution is -2.16. The normalized spacial score (nSPS) is 12.5. The van der Waals surface area contributed by atoms with Gasteiger partial charge < -0.3 is 19.1 Å². The molecule has 3 aromatic rings. The van der Waals surface area contributed by atoms with Crippen LogP contribution in [0.1, 0.15) is 98.6 Å². The smallest absolute Gasteiger partial charge is 0.129 e. The number of carbonyl (C=O) groups is 2. The summed E-state index contributed by atoms with van der Waals surface area (Å²) in [7, 11) is 0. The number of nitrogens with zero attached hydrogens (tertiary/aromatic N) is 2. The van der Waals surface area contributed by atoms with Crippen molar-refractivity contribution < 1.29 is 19.1 Å². The highest BCUT2D eigenvalue weighted by Crippen LogP contribution is 2.49. The number of fused-ring (bicyclic) bond motifs is 7. The molecule has 0 aliphatic heterocycles. The second-order valence-electron chi connectivity index (χ2n) is 12.0. The number of ketones is 2. The van der Waals surface area contributed by atoms with Gasteiger partial charge in [0, 0.05) is 12.8 Å². The summed E-state index contributed by atoms with van der Waals surface area (Å²) in [5.74, 6) is 2.14. The lowest BCUT2D eigenvalue weighted by atomic mass is 9.72. The molecule has 2 aliphatic rings. The van der Waals surface area contributed by atoms with E-state index in [2.05, 4.69) is 36.4 Å². The van der Waals surface area contributed by atoms with E-state index in [1.54, 1.807) is 13.8 Å². The SMILES string of the molecule is CC(=O)CCCCCOc1ccc2c(c1)CCc1c(C#N)c(C#N)c3c(c1-2)-c1ccc(OCCCCCC(C)=O)cc1CC3. The van der Waals surface area contributed by atoms with Crippen molar-refractivity contribution in [1.29, 1.82) is 10.5 Å². The zero-order valence-electron chi connectivity index (χ0n) is 25.9. The van der Waals surface area contributed by atoms with E-state index in [-0.39, 0.29) is 11.6 Å². The van der Waals surface area contributed by atoms with E-state index >= 15 is 0 Å². The number of nitriles is 2. The minimum Gasteiger partial charge on any atom is -0.494 e. The van der Waals surface area contributed by atoms with Crippen LogP contribution in [0, 0.1) is 22.7 Å². The van der Waals surface area contributed by atoms with Gasteiger partial charge in [-0.25, -0.2) is 0 Å². The Hall–Kier alpha value is -4.42. The molecule has 3 aromatic carbocycles. The van der Waals surface area contributed by atoms with Gasteiger partial charge in [0.2, 0.25) is 0 Å². The summed E-state index contributed by atoms with van der Waals surface area (Å²) in [6.45, 7) is 4.49. The van der Waals surface area contributed by atoms with Gasteiger partial charge in [-0.15, -0.1) is 0 Å². The van der Waals surface area contributed by atoms with Crippen LogP contribution in [0.4, 0.5) is 0 Å². The van der Waals surface area contributed by atoms with E-state index in [0.717, 1.165) is 96.2 Å². The molecule has 0 radical (unpaired) electrons. The molecule has 5 rings (SSSR count). The molecular weight excluding hydrogens is 548 g/mol. The van der Waals surface area contributed by atoms with Crippen molar-refractivity contribution in [3.05, 3.63) is 69.8 Å². The molecule has 226 valence electrons. The van der Waals surface area contributed by atoms with E-state index in [4.69, 9.17) is 9.47 Å². The molecule has 0 unspecified atom stereocenters. The van der Waals surface area contributed by atoms with Crippen LogP contribution in [0.2, 0.25) is 0 Å². The third kappa shape index (κ3) is 6.87. The van der Waals surface area contributed by atoms with Crippen LogP contribution >= 0.6 is 0 Å². The maximum atomic E-state index is 11.2. The Bertz CT molecular complexity index is 1530. The van der Waals surface area contributed by atoms with Crippen molar-refractivity contribution in [2.24, 2.45) is 0 Å². The summed E-state index contributed by atoms with van der Waals surface area (Å²) >= 11 is 0.